The van der Waals surface area contributed by atoms with Gasteiger partial charge in [-0.25, -0.2) is 5.06 Å². The fraction of sp³-hybridized carbons (Fsp3) is 0.500. The molecule has 1 aliphatic rings. The van der Waals surface area contributed by atoms with E-state index in [1.165, 1.54) is 12.2 Å². The Morgan fingerprint density at radius 3 is 2.43 bits per heavy atom. The van der Waals surface area contributed by atoms with Gasteiger partial charge in [0.2, 0.25) is 5.91 Å². The summed E-state index contributed by atoms with van der Waals surface area (Å²) in [5.41, 5.74) is 1.54. The van der Waals surface area contributed by atoms with Crippen LogP contribution in [0.3, 0.4) is 0 Å². The second kappa shape index (κ2) is 7.22. The zero-order chi connectivity index (χ0) is 15.2. The minimum atomic E-state index is -0.195. The number of nitrogens with zero attached hydrogens (tertiary/aromatic N) is 1. The van der Waals surface area contributed by atoms with Crippen LogP contribution >= 0.6 is 0 Å². The van der Waals surface area contributed by atoms with Crippen LogP contribution in [0.2, 0.25) is 0 Å². The number of hydroxylamine groups is 2. The van der Waals surface area contributed by atoms with Gasteiger partial charge in [-0.3, -0.25) is 14.4 Å². The fourth-order valence-electron chi connectivity index (χ4n) is 2.55. The van der Waals surface area contributed by atoms with Crippen molar-refractivity contribution in [1.29, 1.82) is 0 Å². The van der Waals surface area contributed by atoms with Gasteiger partial charge in [-0.05, 0) is 30.5 Å². The van der Waals surface area contributed by atoms with Crippen molar-refractivity contribution in [3.8, 4) is 0 Å². The summed E-state index contributed by atoms with van der Waals surface area (Å²) in [6, 6.07) is 7.20. The van der Waals surface area contributed by atoms with Gasteiger partial charge < -0.3 is 5.32 Å². The number of hydrogen-bond donors (Lipinski definition) is 1. The molecular weight excluding hydrogens is 268 g/mol. The maximum atomic E-state index is 11.9. The highest BCUT2D eigenvalue weighted by Gasteiger charge is 2.22. The van der Waals surface area contributed by atoms with Crippen LogP contribution in [0, 0.1) is 5.92 Å². The maximum Gasteiger partial charge on any atom is 0.277 e. The molecule has 114 valence electrons. The van der Waals surface area contributed by atoms with E-state index in [1.807, 2.05) is 12.1 Å². The smallest absolute Gasteiger partial charge is 0.277 e. The summed E-state index contributed by atoms with van der Waals surface area (Å²) in [6.45, 7) is 0.504. The topological polar surface area (TPSA) is 58.6 Å². The van der Waals surface area contributed by atoms with Crippen LogP contribution in [0.15, 0.2) is 24.3 Å². The van der Waals surface area contributed by atoms with Crippen LogP contribution < -0.4 is 5.32 Å². The largest absolute Gasteiger partial charge is 0.352 e. The van der Waals surface area contributed by atoms with Gasteiger partial charge in [0.1, 0.15) is 0 Å². The number of carbonyl (C=O) groups is 2. The molecule has 0 bridgehead atoms. The molecule has 1 N–H and O–H groups in total. The Kier molecular flexibility index (Phi) is 5.33. The Morgan fingerprint density at radius 1 is 1.24 bits per heavy atom. The van der Waals surface area contributed by atoms with E-state index in [-0.39, 0.29) is 17.7 Å². The lowest BCUT2D eigenvalue weighted by molar-refractivity contribution is -0.124. The van der Waals surface area contributed by atoms with Gasteiger partial charge in [-0.2, -0.15) is 0 Å². The summed E-state index contributed by atoms with van der Waals surface area (Å²) in [6.07, 6.45) is 4.31. The molecule has 2 rings (SSSR count). The van der Waals surface area contributed by atoms with E-state index in [9.17, 15) is 9.59 Å². The number of hydrogen-bond acceptors (Lipinski definition) is 3. The Bertz CT molecular complexity index is 493. The first kappa shape index (κ1) is 15.5. The van der Waals surface area contributed by atoms with Gasteiger partial charge in [0.15, 0.2) is 0 Å². The summed E-state index contributed by atoms with van der Waals surface area (Å²) < 4.78 is 0. The van der Waals surface area contributed by atoms with Crippen LogP contribution in [0.1, 0.15) is 41.6 Å². The summed E-state index contributed by atoms with van der Waals surface area (Å²) in [5.74, 6) is 0.131. The van der Waals surface area contributed by atoms with Gasteiger partial charge in [-0.15, -0.1) is 0 Å². The molecule has 1 aromatic rings. The molecule has 0 aliphatic heterocycles. The third kappa shape index (κ3) is 4.04. The molecule has 0 atom stereocenters. The van der Waals surface area contributed by atoms with Gasteiger partial charge in [0.05, 0.1) is 7.11 Å². The van der Waals surface area contributed by atoms with Crippen molar-refractivity contribution in [2.24, 2.45) is 5.92 Å². The molecule has 2 amide bonds. The van der Waals surface area contributed by atoms with Crippen LogP contribution in [0.5, 0.6) is 0 Å². The van der Waals surface area contributed by atoms with Crippen molar-refractivity contribution in [1.82, 2.24) is 10.4 Å². The fourth-order valence-corrected chi connectivity index (χ4v) is 2.55. The average Bonchev–Trinajstić information content (AvgIpc) is 3.06. The highest BCUT2D eigenvalue weighted by atomic mass is 16.7. The molecule has 0 heterocycles. The summed E-state index contributed by atoms with van der Waals surface area (Å²) in [7, 11) is 3.02. The highest BCUT2D eigenvalue weighted by Crippen LogP contribution is 2.24. The Hall–Kier alpha value is -1.88. The first-order valence-electron chi connectivity index (χ1n) is 7.30. The van der Waals surface area contributed by atoms with Crippen molar-refractivity contribution in [3.63, 3.8) is 0 Å². The molecular formula is C16H22N2O3. The number of nitrogens with one attached hydrogen (secondary N) is 1. The number of benzene rings is 1. The molecule has 1 aromatic carbocycles. The van der Waals surface area contributed by atoms with E-state index in [1.54, 1.807) is 19.2 Å². The van der Waals surface area contributed by atoms with Crippen molar-refractivity contribution in [2.75, 3.05) is 14.2 Å². The molecule has 0 aromatic heterocycles. The third-order valence-corrected chi connectivity index (χ3v) is 3.95. The standard InChI is InChI=1S/C16H22N2O3/c1-18(21-2)16(20)14-9-7-12(8-10-14)11-17-15(19)13-5-3-4-6-13/h7-10,13H,3-6,11H2,1-2H3,(H,17,19). The monoisotopic (exact) mass is 290 g/mol. The lowest BCUT2D eigenvalue weighted by Crippen LogP contribution is -2.28. The van der Waals surface area contributed by atoms with Crippen LogP contribution in [-0.2, 0) is 16.2 Å². The van der Waals surface area contributed by atoms with Crippen molar-refractivity contribution in [2.45, 2.75) is 32.2 Å². The second-order valence-electron chi connectivity index (χ2n) is 5.38. The molecule has 1 fully saturated rings. The second-order valence-corrected chi connectivity index (χ2v) is 5.38. The Labute approximate surface area is 125 Å². The van der Waals surface area contributed by atoms with E-state index in [4.69, 9.17) is 4.84 Å². The van der Waals surface area contributed by atoms with Crippen molar-refractivity contribution < 1.29 is 14.4 Å². The molecule has 5 heteroatoms. The van der Waals surface area contributed by atoms with Gasteiger partial charge in [-0.1, -0.05) is 25.0 Å². The molecule has 1 saturated carbocycles. The lowest BCUT2D eigenvalue weighted by atomic mass is 10.1. The van der Waals surface area contributed by atoms with E-state index in [0.29, 0.717) is 12.1 Å². The van der Waals surface area contributed by atoms with E-state index < -0.39 is 0 Å². The van der Waals surface area contributed by atoms with Gasteiger partial charge in [0.25, 0.3) is 5.91 Å². The Morgan fingerprint density at radius 2 is 1.86 bits per heavy atom. The van der Waals surface area contributed by atoms with Gasteiger partial charge in [0, 0.05) is 25.1 Å². The predicted octanol–water partition coefficient (Wildman–Crippen LogP) is 2.13. The zero-order valence-electron chi connectivity index (χ0n) is 12.6. The molecule has 0 unspecified atom stereocenters. The van der Waals surface area contributed by atoms with Crippen LogP contribution in [0.25, 0.3) is 0 Å². The van der Waals surface area contributed by atoms with E-state index in [0.717, 1.165) is 31.2 Å². The molecule has 0 spiro atoms. The molecule has 0 saturated heterocycles. The number of rotatable bonds is 5. The summed E-state index contributed by atoms with van der Waals surface area (Å²) >= 11 is 0. The highest BCUT2D eigenvalue weighted by molar-refractivity contribution is 5.93. The molecule has 1 aliphatic carbocycles. The first-order chi connectivity index (χ1) is 10.1. The van der Waals surface area contributed by atoms with E-state index >= 15 is 0 Å². The lowest BCUT2D eigenvalue weighted by Gasteiger charge is -2.14. The predicted molar refractivity (Wildman–Crippen MR) is 79.3 cm³/mol. The zero-order valence-corrected chi connectivity index (χ0v) is 12.6. The molecule has 21 heavy (non-hydrogen) atoms. The maximum absolute atomic E-state index is 11.9. The van der Waals surface area contributed by atoms with Crippen molar-refractivity contribution >= 4 is 11.8 Å². The van der Waals surface area contributed by atoms with E-state index in [2.05, 4.69) is 5.32 Å². The first-order valence-corrected chi connectivity index (χ1v) is 7.30. The average molecular weight is 290 g/mol. The van der Waals surface area contributed by atoms with Crippen molar-refractivity contribution in [3.05, 3.63) is 35.4 Å². The van der Waals surface area contributed by atoms with Crippen LogP contribution in [0.4, 0.5) is 0 Å². The molecule has 0 radical (unpaired) electrons. The Balaban J connectivity index is 1.87. The van der Waals surface area contributed by atoms with Crippen LogP contribution in [-0.4, -0.2) is 31.0 Å². The third-order valence-electron chi connectivity index (χ3n) is 3.95. The van der Waals surface area contributed by atoms with Gasteiger partial charge >= 0.3 is 0 Å². The molecule has 5 nitrogen and oxygen atoms in total. The summed E-state index contributed by atoms with van der Waals surface area (Å²) in [4.78, 5) is 28.7. The minimum Gasteiger partial charge on any atom is -0.352 e. The quantitative estimate of drug-likeness (QED) is 0.845. The summed E-state index contributed by atoms with van der Waals surface area (Å²) in [5, 5.41) is 4.14. The normalized spacial score (nSPS) is 15.0. The SMILES string of the molecule is CON(C)C(=O)c1ccc(CNC(=O)C2CCCC2)cc1. The minimum absolute atomic E-state index is 0.145. The number of carbonyl (C=O) groups excluding carboxylic acids is 2. The number of amides is 2.